The van der Waals surface area contributed by atoms with Crippen molar-refractivity contribution < 1.29 is 13.2 Å². The molecule has 2 heterocycles. The Hall–Kier alpha value is -1.35. The molecule has 0 spiro atoms. The van der Waals surface area contributed by atoms with Gasteiger partial charge in [-0.15, -0.1) is 0 Å². The maximum Gasteiger partial charge on any atom is 0.281 e. The van der Waals surface area contributed by atoms with Crippen molar-refractivity contribution in [2.75, 3.05) is 58.3 Å². The van der Waals surface area contributed by atoms with Crippen molar-refractivity contribution in [1.29, 1.82) is 0 Å². The molecule has 156 valence electrons. The first-order valence-electron chi connectivity index (χ1n) is 9.67. The molecule has 7 nitrogen and oxygen atoms in total. The third-order valence-corrected chi connectivity index (χ3v) is 7.77. The molecule has 28 heavy (non-hydrogen) atoms. The van der Waals surface area contributed by atoms with Gasteiger partial charge in [-0.1, -0.05) is 17.7 Å². The summed E-state index contributed by atoms with van der Waals surface area (Å²) in [5.74, 6) is -0.191. The van der Waals surface area contributed by atoms with Gasteiger partial charge in [-0.3, -0.25) is 4.79 Å². The third-order valence-electron chi connectivity index (χ3n) is 5.62. The number of anilines is 1. The minimum atomic E-state index is -3.48. The van der Waals surface area contributed by atoms with E-state index >= 15 is 0 Å². The van der Waals surface area contributed by atoms with Crippen LogP contribution in [0.2, 0.25) is 5.02 Å². The third kappa shape index (κ3) is 4.45. The van der Waals surface area contributed by atoms with E-state index in [1.165, 1.54) is 28.3 Å². The van der Waals surface area contributed by atoms with Crippen molar-refractivity contribution in [1.82, 2.24) is 13.5 Å². The maximum absolute atomic E-state index is 13.0. The summed E-state index contributed by atoms with van der Waals surface area (Å²) < 4.78 is 27.4. The molecule has 0 N–H and O–H groups in total. The Kier molecular flexibility index (Phi) is 6.54. The molecule has 0 aliphatic carbocycles. The molecule has 9 heteroatoms. The summed E-state index contributed by atoms with van der Waals surface area (Å²) in [5.41, 5.74) is 2.28. The molecule has 2 saturated heterocycles. The molecular weight excluding hydrogens is 400 g/mol. The van der Waals surface area contributed by atoms with Gasteiger partial charge in [0, 0.05) is 64.1 Å². The number of benzene rings is 1. The Morgan fingerprint density at radius 3 is 2.46 bits per heavy atom. The van der Waals surface area contributed by atoms with E-state index in [0.29, 0.717) is 31.1 Å². The molecule has 1 aromatic rings. The fourth-order valence-electron chi connectivity index (χ4n) is 3.93. The average Bonchev–Trinajstić information content (AvgIpc) is 2.69. The van der Waals surface area contributed by atoms with E-state index in [2.05, 4.69) is 11.8 Å². The van der Waals surface area contributed by atoms with Crippen LogP contribution in [0.1, 0.15) is 18.4 Å². The fraction of sp³-hybridized carbons (Fsp3) is 0.632. The van der Waals surface area contributed by atoms with Crippen LogP contribution in [0.5, 0.6) is 0 Å². The first-order chi connectivity index (χ1) is 13.2. The molecule has 0 aromatic heterocycles. The SMILES string of the molecule is Cc1ccc(Cl)cc1N1CCN(C(=O)[C@@H]2CCCN(S(=O)(=O)N(C)C)C2)CC1. The van der Waals surface area contributed by atoms with E-state index in [4.69, 9.17) is 11.6 Å². The lowest BCUT2D eigenvalue weighted by molar-refractivity contribution is -0.137. The Balaban J connectivity index is 1.61. The van der Waals surface area contributed by atoms with Crippen LogP contribution >= 0.6 is 11.6 Å². The summed E-state index contributed by atoms with van der Waals surface area (Å²) in [5, 5.41) is 0.712. The van der Waals surface area contributed by atoms with Crippen LogP contribution in [0.3, 0.4) is 0 Å². The number of nitrogens with zero attached hydrogens (tertiary/aromatic N) is 4. The number of piperidine rings is 1. The first kappa shape index (κ1) is 21.4. The lowest BCUT2D eigenvalue weighted by atomic mass is 9.97. The van der Waals surface area contributed by atoms with Crippen LogP contribution < -0.4 is 4.90 Å². The fourth-order valence-corrected chi connectivity index (χ4v) is 5.29. The summed E-state index contributed by atoms with van der Waals surface area (Å²) >= 11 is 6.14. The molecular formula is C19H29ClN4O3S. The van der Waals surface area contributed by atoms with Gasteiger partial charge >= 0.3 is 0 Å². The van der Waals surface area contributed by atoms with Crippen molar-refractivity contribution in [3.63, 3.8) is 0 Å². The van der Waals surface area contributed by atoms with Crippen LogP contribution in [0.4, 0.5) is 5.69 Å². The number of aryl methyl sites for hydroxylation is 1. The summed E-state index contributed by atoms with van der Waals surface area (Å²) in [7, 11) is -0.424. The molecule has 2 aliphatic rings. The topological polar surface area (TPSA) is 64.2 Å². The van der Waals surface area contributed by atoms with Gasteiger partial charge in [0.1, 0.15) is 0 Å². The summed E-state index contributed by atoms with van der Waals surface area (Å²) in [4.78, 5) is 17.2. The zero-order valence-electron chi connectivity index (χ0n) is 16.8. The van der Waals surface area contributed by atoms with E-state index in [1.54, 1.807) is 0 Å². The largest absolute Gasteiger partial charge is 0.368 e. The van der Waals surface area contributed by atoms with Gasteiger partial charge in [0.15, 0.2) is 0 Å². The van der Waals surface area contributed by atoms with Gasteiger partial charge in [0.25, 0.3) is 10.2 Å². The molecule has 2 aliphatic heterocycles. The molecule has 1 atom stereocenters. The lowest BCUT2D eigenvalue weighted by Gasteiger charge is -2.40. The number of carbonyl (C=O) groups is 1. The molecule has 1 aromatic carbocycles. The second-order valence-corrected chi connectivity index (χ2v) is 10.3. The standard InChI is InChI=1S/C19H29ClN4O3S/c1-15-6-7-17(20)13-18(15)22-9-11-23(12-10-22)19(25)16-5-4-8-24(14-16)28(26,27)21(2)3/h6-7,13,16H,4-5,8-12,14H2,1-3H3/t16-/m1/s1. The van der Waals surface area contributed by atoms with Crippen LogP contribution in [-0.2, 0) is 15.0 Å². The number of amides is 1. The number of carbonyl (C=O) groups excluding carboxylic acids is 1. The van der Waals surface area contributed by atoms with E-state index in [0.717, 1.165) is 25.2 Å². The maximum atomic E-state index is 13.0. The van der Waals surface area contributed by atoms with Gasteiger partial charge in [0.05, 0.1) is 5.92 Å². The van der Waals surface area contributed by atoms with Gasteiger partial charge < -0.3 is 9.80 Å². The Bertz CT molecular complexity index is 822. The second-order valence-electron chi connectivity index (χ2n) is 7.73. The lowest BCUT2D eigenvalue weighted by Crippen LogP contribution is -2.54. The van der Waals surface area contributed by atoms with Crippen molar-refractivity contribution in [3.05, 3.63) is 28.8 Å². The highest BCUT2D eigenvalue weighted by atomic mass is 35.5. The van der Waals surface area contributed by atoms with Crippen molar-refractivity contribution >= 4 is 33.4 Å². The summed E-state index contributed by atoms with van der Waals surface area (Å²) in [6.45, 7) is 5.59. The highest BCUT2D eigenvalue weighted by Crippen LogP contribution is 2.27. The summed E-state index contributed by atoms with van der Waals surface area (Å²) in [6, 6.07) is 5.87. The highest BCUT2D eigenvalue weighted by Gasteiger charge is 2.36. The zero-order valence-corrected chi connectivity index (χ0v) is 18.3. The Morgan fingerprint density at radius 2 is 1.82 bits per heavy atom. The van der Waals surface area contributed by atoms with Gasteiger partial charge in [-0.2, -0.15) is 17.0 Å². The van der Waals surface area contributed by atoms with Gasteiger partial charge in [-0.25, -0.2) is 0 Å². The van der Waals surface area contributed by atoms with Crippen molar-refractivity contribution in [2.45, 2.75) is 19.8 Å². The van der Waals surface area contributed by atoms with E-state index in [-0.39, 0.29) is 18.4 Å². The highest BCUT2D eigenvalue weighted by molar-refractivity contribution is 7.86. The van der Waals surface area contributed by atoms with Crippen molar-refractivity contribution in [3.8, 4) is 0 Å². The van der Waals surface area contributed by atoms with Crippen LogP contribution in [0.15, 0.2) is 18.2 Å². The predicted molar refractivity (Wildman–Crippen MR) is 112 cm³/mol. The molecule has 3 rings (SSSR count). The number of piperazine rings is 1. The minimum Gasteiger partial charge on any atom is -0.368 e. The molecule has 2 fully saturated rings. The number of hydrogen-bond acceptors (Lipinski definition) is 4. The smallest absolute Gasteiger partial charge is 0.281 e. The van der Waals surface area contributed by atoms with Crippen LogP contribution in [-0.4, -0.2) is 81.2 Å². The van der Waals surface area contributed by atoms with Crippen molar-refractivity contribution in [2.24, 2.45) is 5.92 Å². The molecule has 0 saturated carbocycles. The quantitative estimate of drug-likeness (QED) is 0.733. The second kappa shape index (κ2) is 8.57. The number of halogens is 1. The average molecular weight is 429 g/mol. The minimum absolute atomic E-state index is 0.0705. The van der Waals surface area contributed by atoms with Gasteiger partial charge in [0.2, 0.25) is 5.91 Å². The number of rotatable bonds is 4. The van der Waals surface area contributed by atoms with E-state index in [1.807, 2.05) is 23.1 Å². The van der Waals surface area contributed by atoms with Crippen LogP contribution in [0.25, 0.3) is 0 Å². The monoisotopic (exact) mass is 428 g/mol. The summed E-state index contributed by atoms with van der Waals surface area (Å²) in [6.07, 6.45) is 1.46. The first-order valence-corrected chi connectivity index (χ1v) is 11.4. The van der Waals surface area contributed by atoms with E-state index in [9.17, 15) is 13.2 Å². The molecule has 0 bridgehead atoms. The number of hydrogen-bond donors (Lipinski definition) is 0. The predicted octanol–water partition coefficient (Wildman–Crippen LogP) is 1.82. The Labute approximate surface area is 173 Å². The zero-order chi connectivity index (χ0) is 20.5. The normalized spacial score (nSPS) is 22.0. The van der Waals surface area contributed by atoms with Crippen LogP contribution in [0, 0.1) is 12.8 Å². The Morgan fingerprint density at radius 1 is 1.14 bits per heavy atom. The van der Waals surface area contributed by atoms with E-state index < -0.39 is 10.2 Å². The molecule has 0 unspecified atom stereocenters. The molecule has 1 amide bonds. The molecule has 0 radical (unpaired) electrons. The van der Waals surface area contributed by atoms with Gasteiger partial charge in [-0.05, 0) is 37.5 Å².